The van der Waals surface area contributed by atoms with Crippen LogP contribution in [0.2, 0.25) is 0 Å². The van der Waals surface area contributed by atoms with Gasteiger partial charge in [-0.3, -0.25) is 4.98 Å². The fourth-order valence-corrected chi connectivity index (χ4v) is 1.91. The number of ether oxygens (including phenoxy) is 1. The lowest BCUT2D eigenvalue weighted by molar-refractivity contribution is 0.189. The van der Waals surface area contributed by atoms with E-state index in [1.54, 1.807) is 12.4 Å². The summed E-state index contributed by atoms with van der Waals surface area (Å²) in [6, 6.07) is 13.2. The molecule has 0 aliphatic heterocycles. The zero-order valence-corrected chi connectivity index (χ0v) is 12.7. The summed E-state index contributed by atoms with van der Waals surface area (Å²) in [5.41, 5.74) is 0.963. The zero-order chi connectivity index (χ0) is 15.6. The van der Waals surface area contributed by atoms with E-state index in [2.05, 4.69) is 15.6 Å². The van der Waals surface area contributed by atoms with Crippen LogP contribution in [0.25, 0.3) is 0 Å². The molecule has 0 aliphatic carbocycles. The molecule has 116 valence electrons. The van der Waals surface area contributed by atoms with Gasteiger partial charge in [0.2, 0.25) is 0 Å². The Kier molecular flexibility index (Phi) is 6.23. The number of urea groups is 1. The second kappa shape index (κ2) is 8.67. The van der Waals surface area contributed by atoms with Crippen molar-refractivity contribution in [2.75, 3.05) is 6.54 Å². The number of carbonyl (C=O) groups is 1. The van der Waals surface area contributed by atoms with E-state index >= 15 is 0 Å². The first-order chi connectivity index (χ1) is 10.8. The van der Waals surface area contributed by atoms with Crippen molar-refractivity contribution in [1.82, 2.24) is 15.6 Å². The molecular weight excluding hydrogens is 278 g/mol. The molecule has 0 unspecified atom stereocenters. The Morgan fingerprint density at radius 3 is 2.68 bits per heavy atom. The molecule has 2 N–H and O–H groups in total. The third-order valence-corrected chi connectivity index (χ3v) is 3.17. The van der Waals surface area contributed by atoms with Gasteiger partial charge in [0.1, 0.15) is 11.9 Å². The lowest BCUT2D eigenvalue weighted by Gasteiger charge is -2.18. The molecule has 22 heavy (non-hydrogen) atoms. The van der Waals surface area contributed by atoms with Crippen molar-refractivity contribution in [3.8, 4) is 5.75 Å². The molecule has 1 heterocycles. The Hall–Kier alpha value is -2.56. The minimum atomic E-state index is -0.209. The highest BCUT2D eigenvalue weighted by atomic mass is 16.5. The number of hydrogen-bond donors (Lipinski definition) is 2. The van der Waals surface area contributed by atoms with Crippen LogP contribution in [-0.4, -0.2) is 23.7 Å². The predicted octanol–water partition coefficient (Wildman–Crippen LogP) is 2.74. The first kappa shape index (κ1) is 15.8. The maximum atomic E-state index is 11.8. The predicted molar refractivity (Wildman–Crippen MR) is 85.6 cm³/mol. The monoisotopic (exact) mass is 299 g/mol. The van der Waals surface area contributed by atoms with Gasteiger partial charge in [0.25, 0.3) is 0 Å². The highest BCUT2D eigenvalue weighted by molar-refractivity contribution is 5.73. The van der Waals surface area contributed by atoms with Gasteiger partial charge in [0.15, 0.2) is 0 Å². The van der Waals surface area contributed by atoms with Crippen LogP contribution in [0.15, 0.2) is 54.9 Å². The number of nitrogens with one attached hydrogen (secondary N) is 2. The van der Waals surface area contributed by atoms with Crippen LogP contribution in [0.3, 0.4) is 0 Å². The Balaban J connectivity index is 1.72. The molecule has 0 bridgehead atoms. The average Bonchev–Trinajstić information content (AvgIpc) is 2.58. The molecule has 1 atom stereocenters. The Labute approximate surface area is 130 Å². The van der Waals surface area contributed by atoms with Crippen molar-refractivity contribution in [3.05, 3.63) is 60.4 Å². The number of hydrogen-bond acceptors (Lipinski definition) is 3. The van der Waals surface area contributed by atoms with Gasteiger partial charge in [0, 0.05) is 18.9 Å². The van der Waals surface area contributed by atoms with Crippen molar-refractivity contribution >= 4 is 6.03 Å². The molecule has 2 aromatic rings. The summed E-state index contributed by atoms with van der Waals surface area (Å²) in [6.07, 6.45) is 4.20. The van der Waals surface area contributed by atoms with Gasteiger partial charge in [-0.2, -0.15) is 0 Å². The number of rotatable bonds is 7. The van der Waals surface area contributed by atoms with Crippen LogP contribution in [0, 0.1) is 0 Å². The van der Waals surface area contributed by atoms with E-state index in [9.17, 15) is 4.79 Å². The first-order valence-electron chi connectivity index (χ1n) is 7.40. The summed E-state index contributed by atoms with van der Waals surface area (Å²) >= 11 is 0. The van der Waals surface area contributed by atoms with Crippen LogP contribution in [0.4, 0.5) is 4.79 Å². The van der Waals surface area contributed by atoms with Crippen LogP contribution >= 0.6 is 0 Å². The molecule has 0 radical (unpaired) electrons. The van der Waals surface area contributed by atoms with Crippen molar-refractivity contribution in [2.24, 2.45) is 0 Å². The molecule has 0 fully saturated rings. The number of nitrogens with zero attached hydrogens (tertiary/aromatic N) is 1. The fourth-order valence-electron chi connectivity index (χ4n) is 1.91. The molecule has 1 aromatic heterocycles. The largest absolute Gasteiger partial charge is 0.489 e. The van der Waals surface area contributed by atoms with Gasteiger partial charge in [-0.1, -0.05) is 31.2 Å². The molecule has 1 aromatic carbocycles. The third kappa shape index (κ3) is 5.44. The van der Waals surface area contributed by atoms with E-state index in [1.807, 2.05) is 49.4 Å². The lowest BCUT2D eigenvalue weighted by Crippen LogP contribution is -2.40. The number of amides is 2. The molecule has 2 amide bonds. The van der Waals surface area contributed by atoms with Crippen molar-refractivity contribution < 1.29 is 9.53 Å². The number of carbonyl (C=O) groups excluding carboxylic acids is 1. The van der Waals surface area contributed by atoms with Gasteiger partial charge < -0.3 is 15.4 Å². The van der Waals surface area contributed by atoms with Crippen molar-refractivity contribution in [3.63, 3.8) is 0 Å². The molecular formula is C17H21N3O2. The standard InChI is InChI=1S/C17H21N3O2/c1-2-15(22-16-8-4-3-5-9-16)13-20-17(21)19-12-14-7-6-10-18-11-14/h3-11,15H,2,12-13H2,1H3,(H2,19,20,21)/t15-/m1/s1. The van der Waals surface area contributed by atoms with Crippen molar-refractivity contribution in [2.45, 2.75) is 26.0 Å². The van der Waals surface area contributed by atoms with Crippen LogP contribution in [0.5, 0.6) is 5.75 Å². The van der Waals surface area contributed by atoms with Gasteiger partial charge in [0.05, 0.1) is 6.54 Å². The number of aromatic nitrogens is 1. The normalized spacial score (nSPS) is 11.5. The van der Waals surface area contributed by atoms with Gasteiger partial charge in [-0.25, -0.2) is 4.79 Å². The second-order valence-corrected chi connectivity index (χ2v) is 4.89. The SMILES string of the molecule is CC[C@H](CNC(=O)NCc1cccnc1)Oc1ccccc1. The maximum absolute atomic E-state index is 11.8. The second-order valence-electron chi connectivity index (χ2n) is 4.89. The van der Waals surface area contributed by atoms with Crippen molar-refractivity contribution in [1.29, 1.82) is 0 Å². The van der Waals surface area contributed by atoms with Gasteiger partial charge >= 0.3 is 6.03 Å². The summed E-state index contributed by atoms with van der Waals surface area (Å²) < 4.78 is 5.82. The average molecular weight is 299 g/mol. The Bertz CT molecular complexity index is 561. The molecule has 0 saturated heterocycles. The van der Waals surface area contributed by atoms with Gasteiger partial charge in [-0.05, 0) is 30.2 Å². The summed E-state index contributed by atoms with van der Waals surface area (Å²) in [6.45, 7) is 2.95. The molecule has 0 saturated carbocycles. The molecule has 0 spiro atoms. The summed E-state index contributed by atoms with van der Waals surface area (Å²) in [7, 11) is 0. The van der Waals surface area contributed by atoms with Gasteiger partial charge in [-0.15, -0.1) is 0 Å². The van der Waals surface area contributed by atoms with E-state index in [0.29, 0.717) is 13.1 Å². The van der Waals surface area contributed by atoms with E-state index in [1.165, 1.54) is 0 Å². The van der Waals surface area contributed by atoms with E-state index in [0.717, 1.165) is 17.7 Å². The minimum Gasteiger partial charge on any atom is -0.489 e. The lowest BCUT2D eigenvalue weighted by atomic mass is 10.2. The fraction of sp³-hybridized carbons (Fsp3) is 0.294. The van der Waals surface area contributed by atoms with E-state index in [-0.39, 0.29) is 12.1 Å². The van der Waals surface area contributed by atoms with Crippen LogP contribution < -0.4 is 15.4 Å². The number of benzene rings is 1. The topological polar surface area (TPSA) is 63.2 Å². The Morgan fingerprint density at radius 1 is 1.18 bits per heavy atom. The van der Waals surface area contributed by atoms with Crippen LogP contribution in [0.1, 0.15) is 18.9 Å². The maximum Gasteiger partial charge on any atom is 0.315 e. The Morgan fingerprint density at radius 2 is 2.00 bits per heavy atom. The van der Waals surface area contributed by atoms with E-state index in [4.69, 9.17) is 4.74 Å². The summed E-state index contributed by atoms with van der Waals surface area (Å²) in [5, 5.41) is 5.63. The molecule has 5 nitrogen and oxygen atoms in total. The number of pyridine rings is 1. The van der Waals surface area contributed by atoms with E-state index < -0.39 is 0 Å². The first-order valence-corrected chi connectivity index (χ1v) is 7.40. The summed E-state index contributed by atoms with van der Waals surface area (Å²) in [4.78, 5) is 15.8. The number of para-hydroxylation sites is 1. The summed E-state index contributed by atoms with van der Waals surface area (Å²) in [5.74, 6) is 0.812. The van der Waals surface area contributed by atoms with Crippen LogP contribution in [-0.2, 0) is 6.54 Å². The molecule has 2 rings (SSSR count). The zero-order valence-electron chi connectivity index (χ0n) is 12.7. The molecule has 0 aliphatic rings. The third-order valence-electron chi connectivity index (χ3n) is 3.17. The minimum absolute atomic E-state index is 0.0495. The molecule has 5 heteroatoms. The highest BCUT2D eigenvalue weighted by Crippen LogP contribution is 2.11. The quantitative estimate of drug-likeness (QED) is 0.826. The highest BCUT2D eigenvalue weighted by Gasteiger charge is 2.10. The smallest absolute Gasteiger partial charge is 0.315 e.